The standard InChI is InChI=1S/C11H23N3O5S2/c1-13(2)21(17,18)14-6-5-11(9-14)8-10(4-7-19-11)12-20(3,15)16/h10,12H,4-9H2,1-3H3/t10-,11+/m0/s1. The van der Waals surface area contributed by atoms with Gasteiger partial charge in [0.25, 0.3) is 10.2 Å². The second-order valence-corrected chi connectivity index (χ2v) is 9.91. The molecule has 0 radical (unpaired) electrons. The average molecular weight is 341 g/mol. The Morgan fingerprint density at radius 3 is 2.52 bits per heavy atom. The first-order chi connectivity index (χ1) is 9.54. The lowest BCUT2D eigenvalue weighted by molar-refractivity contribution is -0.0748. The lowest BCUT2D eigenvalue weighted by atomic mass is 9.90. The van der Waals surface area contributed by atoms with Crippen LogP contribution in [0.2, 0.25) is 0 Å². The van der Waals surface area contributed by atoms with Crippen molar-refractivity contribution in [2.45, 2.75) is 30.9 Å². The minimum atomic E-state index is -3.46. The Balaban J connectivity index is 2.08. The number of nitrogens with one attached hydrogen (secondary N) is 1. The molecule has 21 heavy (non-hydrogen) atoms. The highest BCUT2D eigenvalue weighted by Gasteiger charge is 2.47. The van der Waals surface area contributed by atoms with E-state index in [4.69, 9.17) is 4.74 Å². The fourth-order valence-electron chi connectivity index (χ4n) is 2.95. The maximum Gasteiger partial charge on any atom is 0.281 e. The molecule has 2 fully saturated rings. The van der Waals surface area contributed by atoms with Gasteiger partial charge in [-0.25, -0.2) is 13.1 Å². The van der Waals surface area contributed by atoms with E-state index < -0.39 is 25.8 Å². The predicted molar refractivity (Wildman–Crippen MR) is 78.5 cm³/mol. The minimum absolute atomic E-state index is 0.198. The second-order valence-electron chi connectivity index (χ2n) is 5.98. The molecule has 0 saturated carbocycles. The van der Waals surface area contributed by atoms with Crippen molar-refractivity contribution >= 4 is 20.2 Å². The molecule has 0 aromatic heterocycles. The first-order valence-corrected chi connectivity index (χ1v) is 10.1. The predicted octanol–water partition coefficient (Wildman–Crippen LogP) is -1.03. The van der Waals surface area contributed by atoms with Crippen LogP contribution in [0.1, 0.15) is 19.3 Å². The van der Waals surface area contributed by atoms with Crippen LogP contribution in [0.3, 0.4) is 0 Å². The maximum atomic E-state index is 12.2. The Bertz CT molecular complexity index is 589. The first kappa shape index (κ1) is 17.1. The molecular weight excluding hydrogens is 318 g/mol. The summed E-state index contributed by atoms with van der Waals surface area (Å²) in [5.41, 5.74) is -0.580. The largest absolute Gasteiger partial charge is 0.373 e. The second kappa shape index (κ2) is 5.74. The van der Waals surface area contributed by atoms with Gasteiger partial charge in [0.05, 0.1) is 11.9 Å². The number of hydrogen-bond donors (Lipinski definition) is 1. The van der Waals surface area contributed by atoms with E-state index in [1.165, 1.54) is 22.7 Å². The molecular formula is C11H23N3O5S2. The van der Waals surface area contributed by atoms with Gasteiger partial charge in [-0.05, 0) is 19.3 Å². The fraction of sp³-hybridized carbons (Fsp3) is 1.00. The summed E-state index contributed by atoms with van der Waals surface area (Å²) in [6.07, 6.45) is 2.82. The van der Waals surface area contributed by atoms with Crippen molar-refractivity contribution in [3.05, 3.63) is 0 Å². The summed E-state index contributed by atoms with van der Waals surface area (Å²) in [6.45, 7) is 1.10. The summed E-state index contributed by atoms with van der Waals surface area (Å²) in [6, 6.07) is -0.198. The van der Waals surface area contributed by atoms with E-state index in [0.717, 1.165) is 6.26 Å². The van der Waals surface area contributed by atoms with Crippen LogP contribution in [0, 0.1) is 0 Å². The van der Waals surface area contributed by atoms with Gasteiger partial charge in [0.1, 0.15) is 0 Å². The summed E-state index contributed by atoms with van der Waals surface area (Å²) in [7, 11) is -3.74. The van der Waals surface area contributed by atoms with Crippen LogP contribution < -0.4 is 4.72 Å². The highest BCUT2D eigenvalue weighted by molar-refractivity contribution is 7.88. The van der Waals surface area contributed by atoms with E-state index in [0.29, 0.717) is 32.4 Å². The van der Waals surface area contributed by atoms with Gasteiger partial charge in [-0.1, -0.05) is 0 Å². The van der Waals surface area contributed by atoms with Gasteiger partial charge in [-0.3, -0.25) is 0 Å². The lowest BCUT2D eigenvalue weighted by Crippen LogP contribution is -2.50. The van der Waals surface area contributed by atoms with Crippen LogP contribution in [0.25, 0.3) is 0 Å². The Hall–Kier alpha value is -0.260. The van der Waals surface area contributed by atoms with Crippen LogP contribution in [-0.2, 0) is 25.0 Å². The molecule has 2 saturated heterocycles. The lowest BCUT2D eigenvalue weighted by Gasteiger charge is -2.38. The van der Waals surface area contributed by atoms with Gasteiger partial charge in [0.2, 0.25) is 10.0 Å². The average Bonchev–Trinajstić information content (AvgIpc) is 2.71. The summed E-state index contributed by atoms with van der Waals surface area (Å²) in [5.74, 6) is 0. The van der Waals surface area contributed by atoms with Crippen molar-refractivity contribution in [3.63, 3.8) is 0 Å². The number of hydrogen-bond acceptors (Lipinski definition) is 5. The molecule has 124 valence electrons. The summed E-state index contributed by atoms with van der Waals surface area (Å²) >= 11 is 0. The van der Waals surface area contributed by atoms with Crippen LogP contribution in [0.5, 0.6) is 0 Å². The molecule has 2 rings (SSSR count). The highest BCUT2D eigenvalue weighted by Crippen LogP contribution is 2.35. The van der Waals surface area contributed by atoms with Crippen molar-refractivity contribution in [1.29, 1.82) is 0 Å². The molecule has 0 aliphatic carbocycles. The van der Waals surface area contributed by atoms with Crippen molar-refractivity contribution in [2.75, 3.05) is 40.0 Å². The maximum absolute atomic E-state index is 12.2. The van der Waals surface area contributed by atoms with Gasteiger partial charge >= 0.3 is 0 Å². The molecule has 0 bridgehead atoms. The van der Waals surface area contributed by atoms with E-state index in [2.05, 4.69) is 4.72 Å². The number of ether oxygens (including phenoxy) is 1. The van der Waals surface area contributed by atoms with Gasteiger partial charge in [-0.15, -0.1) is 0 Å². The molecule has 0 aromatic rings. The molecule has 2 aliphatic heterocycles. The molecule has 1 N–H and O–H groups in total. The monoisotopic (exact) mass is 341 g/mol. The zero-order chi connectivity index (χ0) is 15.9. The van der Waals surface area contributed by atoms with Crippen molar-refractivity contribution in [1.82, 2.24) is 13.3 Å². The van der Waals surface area contributed by atoms with Crippen molar-refractivity contribution in [2.24, 2.45) is 0 Å². The molecule has 0 amide bonds. The van der Waals surface area contributed by atoms with Gasteiger partial charge < -0.3 is 4.74 Å². The highest BCUT2D eigenvalue weighted by atomic mass is 32.2. The summed E-state index contributed by atoms with van der Waals surface area (Å²) in [4.78, 5) is 0. The Morgan fingerprint density at radius 1 is 1.29 bits per heavy atom. The van der Waals surface area contributed by atoms with Gasteiger partial charge in [0, 0.05) is 39.8 Å². The molecule has 10 heteroatoms. The third kappa shape index (κ3) is 3.93. The third-order valence-corrected chi connectivity index (χ3v) is 6.59. The zero-order valence-electron chi connectivity index (χ0n) is 12.6. The Morgan fingerprint density at radius 2 is 1.95 bits per heavy atom. The van der Waals surface area contributed by atoms with Crippen molar-refractivity contribution in [3.8, 4) is 0 Å². The Labute approximate surface area is 126 Å². The van der Waals surface area contributed by atoms with Gasteiger partial charge in [0.15, 0.2) is 0 Å². The van der Waals surface area contributed by atoms with E-state index in [-0.39, 0.29) is 12.6 Å². The SMILES string of the molecule is CN(C)S(=O)(=O)N1CC[C@@]2(C[C@@H](NS(C)(=O)=O)CCO2)C1. The summed E-state index contributed by atoms with van der Waals surface area (Å²) < 4.78 is 58.0. The van der Waals surface area contributed by atoms with E-state index >= 15 is 0 Å². The quantitative estimate of drug-likeness (QED) is 0.705. The van der Waals surface area contributed by atoms with Gasteiger partial charge in [-0.2, -0.15) is 17.0 Å². The van der Waals surface area contributed by atoms with Crippen LogP contribution >= 0.6 is 0 Å². The molecule has 2 aliphatic rings. The zero-order valence-corrected chi connectivity index (χ0v) is 14.2. The molecule has 2 heterocycles. The minimum Gasteiger partial charge on any atom is -0.373 e. The topological polar surface area (TPSA) is 96.0 Å². The summed E-state index contributed by atoms with van der Waals surface area (Å²) in [5, 5.41) is 0. The van der Waals surface area contributed by atoms with Crippen LogP contribution in [-0.4, -0.2) is 77.1 Å². The first-order valence-electron chi connectivity index (χ1n) is 6.83. The van der Waals surface area contributed by atoms with Crippen molar-refractivity contribution < 1.29 is 21.6 Å². The molecule has 0 unspecified atom stereocenters. The number of rotatable bonds is 4. The molecule has 0 aromatic carbocycles. The smallest absolute Gasteiger partial charge is 0.281 e. The number of sulfonamides is 1. The van der Waals surface area contributed by atoms with E-state index in [9.17, 15) is 16.8 Å². The fourth-order valence-corrected chi connectivity index (χ4v) is 4.94. The number of nitrogens with zero attached hydrogens (tertiary/aromatic N) is 2. The Kier molecular flexibility index (Phi) is 4.68. The molecule has 8 nitrogen and oxygen atoms in total. The van der Waals surface area contributed by atoms with Crippen LogP contribution in [0.4, 0.5) is 0 Å². The van der Waals surface area contributed by atoms with E-state index in [1.54, 1.807) is 0 Å². The molecule has 2 atom stereocenters. The van der Waals surface area contributed by atoms with E-state index in [1.807, 2.05) is 0 Å². The third-order valence-electron chi connectivity index (χ3n) is 3.94. The normalized spacial score (nSPS) is 32.1. The molecule has 1 spiro atoms. The van der Waals surface area contributed by atoms with Crippen LogP contribution in [0.15, 0.2) is 0 Å².